The molecule has 0 saturated heterocycles. The lowest BCUT2D eigenvalue weighted by Gasteiger charge is -2.37. The summed E-state index contributed by atoms with van der Waals surface area (Å²) >= 11 is 0. The van der Waals surface area contributed by atoms with E-state index in [1.54, 1.807) is 18.3 Å². The van der Waals surface area contributed by atoms with Crippen molar-refractivity contribution in [2.45, 2.75) is 31.3 Å². The number of benzene rings is 2. The molecule has 2 aromatic carbocycles. The molecule has 4 bridgehead atoms. The van der Waals surface area contributed by atoms with E-state index in [-0.39, 0.29) is 11.9 Å². The van der Waals surface area contributed by atoms with Crippen molar-refractivity contribution in [1.82, 2.24) is 20.1 Å². The molecule has 0 spiro atoms. The molecule has 1 saturated carbocycles. The fourth-order valence-corrected chi connectivity index (χ4v) is 5.45. The normalized spacial score (nSPS) is 20.4. The van der Waals surface area contributed by atoms with Gasteiger partial charge >= 0.3 is 0 Å². The van der Waals surface area contributed by atoms with Crippen LogP contribution in [0.5, 0.6) is 5.75 Å². The van der Waals surface area contributed by atoms with Crippen molar-refractivity contribution in [3.05, 3.63) is 65.6 Å². The minimum Gasteiger partial charge on any atom is -0.490 e. The number of hydrogen-bond acceptors (Lipinski definition) is 5. The maximum Gasteiger partial charge on any atom is 0.136 e. The van der Waals surface area contributed by atoms with Crippen molar-refractivity contribution >= 4 is 10.9 Å². The van der Waals surface area contributed by atoms with Gasteiger partial charge in [-0.3, -0.25) is 15.0 Å². The molecular weight excluding hydrogens is 431 g/mol. The van der Waals surface area contributed by atoms with Crippen molar-refractivity contribution in [3.8, 4) is 28.3 Å². The highest BCUT2D eigenvalue weighted by Crippen LogP contribution is 2.41. The van der Waals surface area contributed by atoms with Gasteiger partial charge in [0, 0.05) is 23.5 Å². The molecule has 7 rings (SSSR count). The highest BCUT2D eigenvalue weighted by Gasteiger charge is 2.38. The number of nitrogens with one attached hydrogen (secondary N) is 1. The van der Waals surface area contributed by atoms with Gasteiger partial charge in [0.2, 0.25) is 0 Å². The van der Waals surface area contributed by atoms with Crippen LogP contribution in [0.3, 0.4) is 0 Å². The molecule has 7 heteroatoms. The maximum atomic E-state index is 15.0. The van der Waals surface area contributed by atoms with Crippen molar-refractivity contribution in [2.24, 2.45) is 0 Å². The maximum absolute atomic E-state index is 15.0. The Balaban J connectivity index is 1.41. The van der Waals surface area contributed by atoms with Crippen LogP contribution < -0.4 is 4.74 Å². The largest absolute Gasteiger partial charge is 0.490 e. The number of pyridine rings is 1. The van der Waals surface area contributed by atoms with Crippen LogP contribution in [-0.4, -0.2) is 52.5 Å². The Morgan fingerprint density at radius 3 is 2.94 bits per heavy atom. The third kappa shape index (κ3) is 3.30. The Hall–Kier alpha value is -3.29. The smallest absolute Gasteiger partial charge is 0.136 e. The molecule has 172 valence electrons. The number of aromatic nitrogens is 3. The number of nitrogens with zero attached hydrogens (tertiary/aromatic N) is 3. The number of H-pyrrole nitrogens is 1. The fraction of sp³-hybridized carbons (Fsp3) is 0.333. The zero-order valence-corrected chi connectivity index (χ0v) is 18.8. The number of aromatic amines is 1. The van der Waals surface area contributed by atoms with E-state index >= 15 is 0 Å². The van der Waals surface area contributed by atoms with Gasteiger partial charge in [-0.05, 0) is 54.7 Å². The minimum atomic E-state index is -0.364. The number of rotatable bonds is 1. The second-order valence-corrected chi connectivity index (χ2v) is 9.37. The lowest BCUT2D eigenvalue weighted by molar-refractivity contribution is 0.0361. The summed E-state index contributed by atoms with van der Waals surface area (Å²) in [7, 11) is 0. The Labute approximate surface area is 196 Å². The van der Waals surface area contributed by atoms with Crippen LogP contribution >= 0.6 is 0 Å². The first kappa shape index (κ1) is 20.1. The minimum absolute atomic E-state index is 0.216. The second kappa shape index (κ2) is 7.89. The summed E-state index contributed by atoms with van der Waals surface area (Å²) in [5.74, 6) is 0.104. The van der Waals surface area contributed by atoms with Crippen LogP contribution in [0, 0.1) is 5.82 Å². The zero-order valence-electron chi connectivity index (χ0n) is 18.8. The van der Waals surface area contributed by atoms with E-state index in [0.29, 0.717) is 42.9 Å². The molecule has 0 amide bonds. The first-order chi connectivity index (χ1) is 16.8. The number of halogens is 1. The van der Waals surface area contributed by atoms with Gasteiger partial charge in [0.05, 0.1) is 42.2 Å². The molecule has 3 aliphatic rings. The molecule has 4 aromatic rings. The third-order valence-electron chi connectivity index (χ3n) is 7.27. The van der Waals surface area contributed by atoms with Gasteiger partial charge in [-0.15, -0.1) is 0 Å². The van der Waals surface area contributed by atoms with E-state index in [2.05, 4.69) is 38.3 Å². The van der Waals surface area contributed by atoms with E-state index in [9.17, 15) is 4.39 Å². The zero-order chi connectivity index (χ0) is 22.6. The standard InChI is InChI=1S/C27H25FN4O2/c28-21-2-1-3-25-26(21)22-13-20-23(14-29-22)30-31-27(20)17-5-4-16-8-9-32(18-6-7-18)24(19(16)12-17)15-33-10-11-34-25/h1-5,12-14,18,24H,6-11,15H2,(H,30,31). The van der Waals surface area contributed by atoms with E-state index in [4.69, 9.17) is 9.47 Å². The Kier molecular flexibility index (Phi) is 4.67. The molecule has 1 atom stereocenters. The number of ether oxygens (including phenoxy) is 2. The first-order valence-electron chi connectivity index (χ1n) is 12.0. The molecule has 6 nitrogen and oxygen atoms in total. The Morgan fingerprint density at radius 2 is 2.03 bits per heavy atom. The molecule has 34 heavy (non-hydrogen) atoms. The van der Waals surface area contributed by atoms with Crippen LogP contribution in [-0.2, 0) is 11.2 Å². The van der Waals surface area contributed by atoms with Gasteiger partial charge < -0.3 is 9.47 Å². The van der Waals surface area contributed by atoms with Crippen LogP contribution in [0.15, 0.2) is 48.7 Å². The van der Waals surface area contributed by atoms with Crippen LogP contribution in [0.1, 0.15) is 30.0 Å². The predicted molar refractivity (Wildman–Crippen MR) is 127 cm³/mol. The van der Waals surface area contributed by atoms with Gasteiger partial charge in [0.1, 0.15) is 23.9 Å². The SMILES string of the molecule is Fc1cccc2c1-c1cc3c(n[nH]c3cn1)-c1ccc3c(c1)C(COCCO2)N(C1CC1)CC3. The molecule has 1 N–H and O–H groups in total. The fourth-order valence-electron chi connectivity index (χ4n) is 5.45. The summed E-state index contributed by atoms with van der Waals surface area (Å²) in [4.78, 5) is 7.13. The third-order valence-corrected chi connectivity index (χ3v) is 7.27. The number of hydrogen-bond donors (Lipinski definition) is 1. The Bertz CT molecular complexity index is 1400. The molecule has 2 aromatic heterocycles. The molecule has 1 aliphatic carbocycles. The topological polar surface area (TPSA) is 63.3 Å². The molecule has 2 aliphatic heterocycles. The van der Waals surface area contributed by atoms with Crippen LogP contribution in [0.25, 0.3) is 33.4 Å². The molecule has 4 heterocycles. The van der Waals surface area contributed by atoms with Crippen LogP contribution in [0.4, 0.5) is 4.39 Å². The summed E-state index contributed by atoms with van der Waals surface area (Å²) in [6.07, 6.45) is 5.29. The molecule has 0 radical (unpaired) electrons. The van der Waals surface area contributed by atoms with Gasteiger partial charge in [-0.2, -0.15) is 5.10 Å². The average Bonchev–Trinajstić information content (AvgIpc) is 3.61. The van der Waals surface area contributed by atoms with Crippen molar-refractivity contribution < 1.29 is 13.9 Å². The lowest BCUT2D eigenvalue weighted by Crippen LogP contribution is -2.39. The van der Waals surface area contributed by atoms with Gasteiger partial charge in [0.25, 0.3) is 0 Å². The van der Waals surface area contributed by atoms with E-state index in [1.807, 2.05) is 6.07 Å². The molecule has 1 unspecified atom stereocenters. The summed E-state index contributed by atoms with van der Waals surface area (Å²) in [5.41, 5.74) is 6.30. The summed E-state index contributed by atoms with van der Waals surface area (Å²) in [6.45, 7) is 2.46. The quantitative estimate of drug-likeness (QED) is 0.441. The van der Waals surface area contributed by atoms with Gasteiger partial charge in [0.15, 0.2) is 0 Å². The van der Waals surface area contributed by atoms with E-state index in [0.717, 1.165) is 35.1 Å². The highest BCUT2D eigenvalue weighted by molar-refractivity contribution is 5.95. The summed E-state index contributed by atoms with van der Waals surface area (Å²) < 4.78 is 27.1. The first-order valence-corrected chi connectivity index (χ1v) is 12.0. The van der Waals surface area contributed by atoms with E-state index in [1.165, 1.54) is 30.0 Å². The molecule has 1 fully saturated rings. The highest BCUT2D eigenvalue weighted by atomic mass is 19.1. The second-order valence-electron chi connectivity index (χ2n) is 9.37. The van der Waals surface area contributed by atoms with Gasteiger partial charge in [-0.25, -0.2) is 4.39 Å². The monoisotopic (exact) mass is 456 g/mol. The summed E-state index contributed by atoms with van der Waals surface area (Å²) in [6, 6.07) is 14.3. The van der Waals surface area contributed by atoms with Crippen molar-refractivity contribution in [1.29, 1.82) is 0 Å². The Morgan fingerprint density at radius 1 is 1.09 bits per heavy atom. The van der Waals surface area contributed by atoms with E-state index < -0.39 is 0 Å². The molecular formula is C27H25FN4O2. The van der Waals surface area contributed by atoms with Crippen LogP contribution in [0.2, 0.25) is 0 Å². The number of fused-ring (bicyclic) bond motifs is 5. The average molecular weight is 457 g/mol. The van der Waals surface area contributed by atoms with Crippen molar-refractivity contribution in [2.75, 3.05) is 26.4 Å². The summed E-state index contributed by atoms with van der Waals surface area (Å²) in [5, 5.41) is 8.64. The van der Waals surface area contributed by atoms with Crippen molar-refractivity contribution in [3.63, 3.8) is 0 Å². The van der Waals surface area contributed by atoms with Gasteiger partial charge in [-0.1, -0.05) is 18.2 Å². The predicted octanol–water partition coefficient (Wildman–Crippen LogP) is 4.90. The lowest BCUT2D eigenvalue weighted by atomic mass is 9.90.